The maximum absolute atomic E-state index is 13.0. The van der Waals surface area contributed by atoms with Gasteiger partial charge in [0.15, 0.2) is 0 Å². The molecule has 1 aliphatic carbocycles. The summed E-state index contributed by atoms with van der Waals surface area (Å²) >= 11 is 6.51. The maximum atomic E-state index is 13.0. The summed E-state index contributed by atoms with van der Waals surface area (Å²) in [4.78, 5) is 24.3. The van der Waals surface area contributed by atoms with Crippen LogP contribution in [0.1, 0.15) is 49.8 Å². The molecule has 2 aliphatic rings. The highest BCUT2D eigenvalue weighted by atomic mass is 35.5. The molecule has 214 valence electrons. The smallest absolute Gasteiger partial charge is 0.227 e. The van der Waals surface area contributed by atoms with Crippen LogP contribution >= 0.6 is 11.6 Å². The molecule has 0 spiro atoms. The molecule has 1 saturated carbocycles. The van der Waals surface area contributed by atoms with Gasteiger partial charge in [-0.05, 0) is 75.9 Å². The van der Waals surface area contributed by atoms with Crippen molar-refractivity contribution in [2.45, 2.75) is 57.4 Å². The summed E-state index contributed by atoms with van der Waals surface area (Å²) in [5, 5.41) is 3.71. The van der Waals surface area contributed by atoms with Crippen LogP contribution < -0.4 is 10.1 Å². The Labute approximate surface area is 237 Å². The number of piperidine rings is 1. The summed E-state index contributed by atoms with van der Waals surface area (Å²) in [6, 6.07) is 5.60. The minimum absolute atomic E-state index is 0.0879. The number of carbonyl (C=O) groups is 1. The van der Waals surface area contributed by atoms with Gasteiger partial charge < -0.3 is 15.0 Å². The first-order chi connectivity index (χ1) is 18.5. The number of ether oxygens (including phenoxy) is 1. The number of Topliss-reactive ketones (excluding diaryl/α,β-unsaturated/α-hetero) is 1. The molecule has 1 aromatic heterocycles. The quantitative estimate of drug-likeness (QED) is 0.445. The molecule has 0 bridgehead atoms. The van der Waals surface area contributed by atoms with Crippen LogP contribution in [0.5, 0.6) is 5.75 Å². The van der Waals surface area contributed by atoms with E-state index in [1.807, 2.05) is 18.2 Å². The zero-order valence-corrected chi connectivity index (χ0v) is 24.9. The predicted molar refractivity (Wildman–Crippen MR) is 154 cm³/mol. The zero-order chi connectivity index (χ0) is 28.2. The number of rotatable bonds is 10. The highest BCUT2D eigenvalue weighted by Gasteiger charge is 2.33. The monoisotopic (exact) mass is 577 g/mol. The first-order valence-electron chi connectivity index (χ1n) is 13.6. The van der Waals surface area contributed by atoms with Crippen LogP contribution in [0.2, 0.25) is 5.02 Å². The zero-order valence-electron chi connectivity index (χ0n) is 23.3. The van der Waals surface area contributed by atoms with E-state index in [9.17, 15) is 13.2 Å². The molecule has 2 atom stereocenters. The Morgan fingerprint density at radius 2 is 1.92 bits per heavy atom. The minimum atomic E-state index is -3.30. The Morgan fingerprint density at radius 1 is 1.21 bits per heavy atom. The van der Waals surface area contributed by atoms with Crippen molar-refractivity contribution in [3.63, 3.8) is 0 Å². The van der Waals surface area contributed by atoms with E-state index in [2.05, 4.69) is 22.2 Å². The summed E-state index contributed by atoms with van der Waals surface area (Å²) < 4.78 is 31.5. The van der Waals surface area contributed by atoms with E-state index in [-0.39, 0.29) is 23.7 Å². The molecule has 0 radical (unpaired) electrons. The number of ketones is 1. The molecule has 4 rings (SSSR count). The van der Waals surface area contributed by atoms with E-state index in [1.165, 1.54) is 10.6 Å². The molecule has 1 saturated heterocycles. The Kier molecular flexibility index (Phi) is 9.85. The number of nitrogens with zero attached hydrogens (tertiary/aromatic N) is 4. The number of halogens is 1. The van der Waals surface area contributed by atoms with Gasteiger partial charge in [0.05, 0.1) is 36.0 Å². The van der Waals surface area contributed by atoms with Crippen molar-refractivity contribution in [2.75, 3.05) is 45.9 Å². The van der Waals surface area contributed by atoms with E-state index in [1.54, 1.807) is 20.4 Å². The Bertz CT molecular complexity index is 1270. The lowest BCUT2D eigenvalue weighted by atomic mass is 9.81. The second kappa shape index (κ2) is 12.9. The fourth-order valence-corrected chi connectivity index (χ4v) is 6.70. The number of hydrogen-bond donors (Lipinski definition) is 1. The van der Waals surface area contributed by atoms with Gasteiger partial charge in [0, 0.05) is 25.4 Å². The first kappa shape index (κ1) is 29.7. The third kappa shape index (κ3) is 7.68. The van der Waals surface area contributed by atoms with Crippen LogP contribution in [-0.2, 0) is 27.7 Å². The second-order valence-electron chi connectivity index (χ2n) is 11.0. The van der Waals surface area contributed by atoms with Crippen LogP contribution in [0.15, 0.2) is 24.4 Å². The molecule has 2 aromatic rings. The lowest BCUT2D eigenvalue weighted by Gasteiger charge is -2.36. The highest BCUT2D eigenvalue weighted by molar-refractivity contribution is 7.88. The van der Waals surface area contributed by atoms with Gasteiger partial charge >= 0.3 is 0 Å². The van der Waals surface area contributed by atoms with Gasteiger partial charge in [-0.15, -0.1) is 0 Å². The van der Waals surface area contributed by atoms with Crippen molar-refractivity contribution < 1.29 is 17.9 Å². The lowest BCUT2D eigenvalue weighted by molar-refractivity contribution is -0.123. The molecule has 9 nitrogen and oxygen atoms in total. The molecule has 1 aliphatic heterocycles. The number of likely N-dealkylation sites (tertiary alicyclic amines) is 1. The SMILES string of the molecule is COc1ccc(CC(=O)C2CCN(C)CC2)cc1Nc1ncc(Cl)c(C[C@@H]2CCCC[C@H]2N(C)S(C)(=O)=O)n1. The number of nitrogens with one attached hydrogen (secondary N) is 1. The van der Waals surface area contributed by atoms with Crippen LogP contribution in [0, 0.1) is 11.8 Å². The average molecular weight is 578 g/mol. The average Bonchev–Trinajstić information content (AvgIpc) is 2.90. The Morgan fingerprint density at radius 3 is 2.62 bits per heavy atom. The van der Waals surface area contributed by atoms with Crippen molar-refractivity contribution in [1.29, 1.82) is 0 Å². The maximum Gasteiger partial charge on any atom is 0.227 e. The number of hydrogen-bond acceptors (Lipinski definition) is 8. The Hall–Kier alpha value is -2.27. The highest BCUT2D eigenvalue weighted by Crippen LogP contribution is 2.34. The summed E-state index contributed by atoms with van der Waals surface area (Å²) in [6.45, 7) is 1.91. The minimum Gasteiger partial charge on any atom is -0.495 e. The number of methoxy groups -OCH3 is 1. The van der Waals surface area contributed by atoms with Crippen LogP contribution in [0.3, 0.4) is 0 Å². The van der Waals surface area contributed by atoms with Crippen molar-refractivity contribution in [2.24, 2.45) is 11.8 Å². The number of sulfonamides is 1. The molecule has 0 unspecified atom stereocenters. The molecular weight excluding hydrogens is 538 g/mol. The third-order valence-corrected chi connectivity index (χ3v) is 9.83. The van der Waals surface area contributed by atoms with Gasteiger partial charge in [0.2, 0.25) is 16.0 Å². The van der Waals surface area contributed by atoms with Gasteiger partial charge in [-0.2, -0.15) is 0 Å². The van der Waals surface area contributed by atoms with Crippen molar-refractivity contribution in [1.82, 2.24) is 19.2 Å². The van der Waals surface area contributed by atoms with Gasteiger partial charge in [0.25, 0.3) is 0 Å². The van der Waals surface area contributed by atoms with E-state index in [0.29, 0.717) is 40.9 Å². The largest absolute Gasteiger partial charge is 0.495 e. The molecule has 2 fully saturated rings. The molecule has 11 heteroatoms. The molecule has 0 amide bonds. The number of anilines is 2. The van der Waals surface area contributed by atoms with Crippen LogP contribution in [0.25, 0.3) is 0 Å². The standard InChI is InChI=1S/C28H40ClN5O4S/c1-33-13-11-20(12-14-33)26(35)16-19-9-10-27(38-3)24(15-19)32-28-30-18-22(29)23(31-28)17-21-7-5-6-8-25(21)34(2)39(4,36)37/h9-10,15,18,20-21,25H,5-8,11-14,16-17H2,1-4H3,(H,30,31,32)/t21-,25+/m0/s1. The van der Waals surface area contributed by atoms with Crippen LogP contribution in [0.4, 0.5) is 11.6 Å². The van der Waals surface area contributed by atoms with E-state index in [4.69, 9.17) is 21.3 Å². The summed E-state index contributed by atoms with van der Waals surface area (Å²) in [6.07, 6.45) is 9.34. The van der Waals surface area contributed by atoms with Crippen molar-refractivity contribution >= 4 is 39.0 Å². The van der Waals surface area contributed by atoms with Gasteiger partial charge in [-0.25, -0.2) is 22.7 Å². The predicted octanol–water partition coefficient (Wildman–Crippen LogP) is 4.33. The first-order valence-corrected chi connectivity index (χ1v) is 15.9. The Balaban J connectivity index is 1.50. The molecule has 2 heterocycles. The van der Waals surface area contributed by atoms with E-state index < -0.39 is 10.0 Å². The van der Waals surface area contributed by atoms with E-state index in [0.717, 1.165) is 57.2 Å². The number of carbonyl (C=O) groups excluding carboxylic acids is 1. The second-order valence-corrected chi connectivity index (χ2v) is 13.4. The van der Waals surface area contributed by atoms with Gasteiger partial charge in [-0.1, -0.05) is 30.5 Å². The molecule has 1 aromatic carbocycles. The summed E-state index contributed by atoms with van der Waals surface area (Å²) in [5.41, 5.74) is 2.26. The van der Waals surface area contributed by atoms with Crippen molar-refractivity contribution in [3.8, 4) is 5.75 Å². The topological polar surface area (TPSA) is 105 Å². The fourth-order valence-electron chi connectivity index (χ4n) is 5.76. The third-order valence-electron chi connectivity index (χ3n) is 8.19. The normalized spacial score (nSPS) is 21.2. The van der Waals surface area contributed by atoms with Gasteiger partial charge in [0.1, 0.15) is 11.5 Å². The number of aromatic nitrogens is 2. The summed E-state index contributed by atoms with van der Waals surface area (Å²) in [7, 11) is 2.04. The van der Waals surface area contributed by atoms with Crippen molar-refractivity contribution in [3.05, 3.63) is 40.7 Å². The summed E-state index contributed by atoms with van der Waals surface area (Å²) in [5.74, 6) is 1.47. The van der Waals surface area contributed by atoms with E-state index >= 15 is 0 Å². The number of benzene rings is 1. The fraction of sp³-hybridized carbons (Fsp3) is 0.607. The van der Waals surface area contributed by atoms with Gasteiger partial charge in [-0.3, -0.25) is 4.79 Å². The molecule has 1 N–H and O–H groups in total. The molecule has 39 heavy (non-hydrogen) atoms. The molecular formula is C28H40ClN5O4S. The van der Waals surface area contributed by atoms with Crippen LogP contribution in [-0.4, -0.2) is 80.0 Å². The lowest BCUT2D eigenvalue weighted by Crippen LogP contribution is -2.43.